The molecule has 0 atom stereocenters. The van der Waals surface area contributed by atoms with Crippen LogP contribution in [-0.2, 0) is 0 Å². The second-order valence-electron chi connectivity index (χ2n) is 2.98. The summed E-state index contributed by atoms with van der Waals surface area (Å²) in [6, 6.07) is 3.97. The summed E-state index contributed by atoms with van der Waals surface area (Å²) in [4.78, 5) is 3.12. The fourth-order valence-electron chi connectivity index (χ4n) is 1.48. The number of rotatable bonds is 1. The van der Waals surface area contributed by atoms with Crippen LogP contribution in [0.1, 0.15) is 5.56 Å². The fraction of sp³-hybridized carbons (Fsp3) is 0.200. The predicted octanol–water partition coefficient (Wildman–Crippen LogP) is 3.14. The lowest BCUT2D eigenvalue weighted by Crippen LogP contribution is -1.87. The van der Waals surface area contributed by atoms with Gasteiger partial charge in [0.15, 0.2) is 0 Å². The third-order valence-electron chi connectivity index (χ3n) is 2.13. The number of aryl methyl sites for hydroxylation is 1. The van der Waals surface area contributed by atoms with Crippen molar-refractivity contribution in [3.05, 3.63) is 28.9 Å². The van der Waals surface area contributed by atoms with E-state index in [0.717, 1.165) is 22.2 Å². The first-order chi connectivity index (χ1) is 6.24. The van der Waals surface area contributed by atoms with Crippen LogP contribution in [0.5, 0.6) is 5.75 Å². The molecule has 0 spiro atoms. The van der Waals surface area contributed by atoms with Crippen molar-refractivity contribution in [2.75, 3.05) is 7.11 Å². The van der Waals surface area contributed by atoms with Gasteiger partial charge in [0.2, 0.25) is 0 Å². The minimum atomic E-state index is 0.689. The molecule has 0 saturated carbocycles. The molecule has 0 unspecified atom stereocenters. The highest BCUT2D eigenvalue weighted by Crippen LogP contribution is 2.35. The summed E-state index contributed by atoms with van der Waals surface area (Å²) in [6.07, 6.45) is 1.88. The number of ether oxygens (including phenoxy) is 1. The van der Waals surface area contributed by atoms with Gasteiger partial charge in [-0.05, 0) is 24.6 Å². The molecule has 0 amide bonds. The highest BCUT2D eigenvalue weighted by Gasteiger charge is 2.09. The van der Waals surface area contributed by atoms with Gasteiger partial charge in [0.05, 0.1) is 12.1 Å². The zero-order chi connectivity index (χ0) is 9.42. The smallest absolute Gasteiger partial charge is 0.147 e. The standard InChI is InChI=1S/C10H10ClNO/c1-6-5-8-7(3-4-12-8)10(13-2)9(6)11/h3-5,12H,1-2H3. The van der Waals surface area contributed by atoms with E-state index in [2.05, 4.69) is 4.98 Å². The number of benzene rings is 1. The number of hydrogen-bond donors (Lipinski definition) is 1. The van der Waals surface area contributed by atoms with Gasteiger partial charge in [0, 0.05) is 17.1 Å². The fourth-order valence-corrected chi connectivity index (χ4v) is 1.71. The second-order valence-corrected chi connectivity index (χ2v) is 3.36. The van der Waals surface area contributed by atoms with Gasteiger partial charge in [0.1, 0.15) is 5.75 Å². The Labute approximate surface area is 81.5 Å². The number of fused-ring (bicyclic) bond motifs is 1. The quantitative estimate of drug-likeness (QED) is 0.743. The lowest BCUT2D eigenvalue weighted by atomic mass is 10.1. The van der Waals surface area contributed by atoms with Gasteiger partial charge in [-0.3, -0.25) is 0 Å². The number of halogens is 1. The van der Waals surface area contributed by atoms with E-state index in [-0.39, 0.29) is 0 Å². The Morgan fingerprint density at radius 1 is 1.46 bits per heavy atom. The highest BCUT2D eigenvalue weighted by atomic mass is 35.5. The lowest BCUT2D eigenvalue weighted by Gasteiger charge is -2.06. The Balaban J connectivity index is 2.87. The summed E-state index contributed by atoms with van der Waals surface area (Å²) >= 11 is 6.09. The monoisotopic (exact) mass is 195 g/mol. The molecule has 1 aromatic carbocycles. The minimum Gasteiger partial charge on any atom is -0.494 e. The Morgan fingerprint density at radius 3 is 2.92 bits per heavy atom. The van der Waals surface area contributed by atoms with Crippen LogP contribution in [0.3, 0.4) is 0 Å². The molecule has 1 N–H and O–H groups in total. The van der Waals surface area contributed by atoms with E-state index in [4.69, 9.17) is 16.3 Å². The Kier molecular flexibility index (Phi) is 1.93. The van der Waals surface area contributed by atoms with E-state index < -0.39 is 0 Å². The molecule has 1 heterocycles. The van der Waals surface area contributed by atoms with E-state index in [0.29, 0.717) is 5.02 Å². The Hall–Kier alpha value is -1.15. The summed E-state index contributed by atoms with van der Waals surface area (Å²) in [5.74, 6) is 0.748. The molecule has 0 saturated heterocycles. The largest absolute Gasteiger partial charge is 0.494 e. The maximum absolute atomic E-state index is 6.09. The van der Waals surface area contributed by atoms with Gasteiger partial charge in [0.25, 0.3) is 0 Å². The van der Waals surface area contributed by atoms with Gasteiger partial charge >= 0.3 is 0 Å². The van der Waals surface area contributed by atoms with Crippen LogP contribution < -0.4 is 4.74 Å². The summed E-state index contributed by atoms with van der Waals surface area (Å²) in [7, 11) is 1.63. The summed E-state index contributed by atoms with van der Waals surface area (Å²) in [5, 5.41) is 1.72. The number of aromatic amines is 1. The lowest BCUT2D eigenvalue weighted by molar-refractivity contribution is 0.420. The molecular weight excluding hydrogens is 186 g/mol. The van der Waals surface area contributed by atoms with Gasteiger partial charge in [-0.25, -0.2) is 0 Å². The number of nitrogens with one attached hydrogen (secondary N) is 1. The first kappa shape index (κ1) is 8.45. The Morgan fingerprint density at radius 2 is 2.23 bits per heavy atom. The minimum absolute atomic E-state index is 0.689. The van der Waals surface area contributed by atoms with E-state index in [9.17, 15) is 0 Å². The first-order valence-corrected chi connectivity index (χ1v) is 4.42. The van der Waals surface area contributed by atoms with Crippen LogP contribution >= 0.6 is 11.6 Å². The van der Waals surface area contributed by atoms with Crippen molar-refractivity contribution in [1.29, 1.82) is 0 Å². The predicted molar refractivity (Wildman–Crippen MR) is 54.6 cm³/mol. The number of hydrogen-bond acceptors (Lipinski definition) is 1. The van der Waals surface area contributed by atoms with Crippen LogP contribution in [-0.4, -0.2) is 12.1 Å². The van der Waals surface area contributed by atoms with E-state index >= 15 is 0 Å². The second kappa shape index (κ2) is 2.96. The maximum atomic E-state index is 6.09. The molecule has 2 aromatic rings. The van der Waals surface area contributed by atoms with Gasteiger partial charge in [-0.15, -0.1) is 0 Å². The average molecular weight is 196 g/mol. The molecular formula is C10H10ClNO. The molecule has 68 valence electrons. The topological polar surface area (TPSA) is 25.0 Å². The Bertz CT molecular complexity index is 447. The SMILES string of the molecule is COc1c(Cl)c(C)cc2[nH]ccc12. The number of aromatic nitrogens is 1. The van der Waals surface area contributed by atoms with E-state index in [1.54, 1.807) is 7.11 Å². The molecule has 1 aromatic heterocycles. The zero-order valence-electron chi connectivity index (χ0n) is 7.52. The van der Waals surface area contributed by atoms with Gasteiger partial charge in [-0.2, -0.15) is 0 Å². The van der Waals surface area contributed by atoms with Crippen molar-refractivity contribution in [2.45, 2.75) is 6.92 Å². The number of methoxy groups -OCH3 is 1. The number of H-pyrrole nitrogens is 1. The summed E-state index contributed by atoms with van der Waals surface area (Å²) in [5.41, 5.74) is 2.08. The molecule has 2 nitrogen and oxygen atoms in total. The van der Waals surface area contributed by atoms with Crippen molar-refractivity contribution >= 4 is 22.5 Å². The van der Waals surface area contributed by atoms with E-state index in [1.807, 2.05) is 25.3 Å². The van der Waals surface area contributed by atoms with E-state index in [1.165, 1.54) is 0 Å². The zero-order valence-corrected chi connectivity index (χ0v) is 8.27. The van der Waals surface area contributed by atoms with Crippen molar-refractivity contribution in [3.8, 4) is 5.75 Å². The van der Waals surface area contributed by atoms with Crippen LogP contribution in [0.4, 0.5) is 0 Å². The van der Waals surface area contributed by atoms with Crippen molar-refractivity contribution in [2.24, 2.45) is 0 Å². The van der Waals surface area contributed by atoms with Crippen molar-refractivity contribution in [1.82, 2.24) is 4.98 Å². The van der Waals surface area contributed by atoms with Gasteiger partial charge < -0.3 is 9.72 Å². The maximum Gasteiger partial charge on any atom is 0.147 e. The van der Waals surface area contributed by atoms with Crippen LogP contribution in [0.15, 0.2) is 18.3 Å². The van der Waals surface area contributed by atoms with Gasteiger partial charge in [-0.1, -0.05) is 11.6 Å². The molecule has 0 aliphatic heterocycles. The third-order valence-corrected chi connectivity index (χ3v) is 2.60. The molecule has 0 aliphatic rings. The molecule has 0 aliphatic carbocycles. The van der Waals surface area contributed by atoms with Crippen molar-refractivity contribution < 1.29 is 4.74 Å². The first-order valence-electron chi connectivity index (χ1n) is 4.04. The van der Waals surface area contributed by atoms with Crippen LogP contribution in [0.2, 0.25) is 5.02 Å². The molecule has 0 fully saturated rings. The normalized spacial score (nSPS) is 10.7. The van der Waals surface area contributed by atoms with Crippen LogP contribution in [0, 0.1) is 6.92 Å². The average Bonchev–Trinajstić information content (AvgIpc) is 2.54. The highest BCUT2D eigenvalue weighted by molar-refractivity contribution is 6.34. The molecule has 13 heavy (non-hydrogen) atoms. The molecule has 2 rings (SSSR count). The molecule has 0 bridgehead atoms. The van der Waals surface area contributed by atoms with Crippen LogP contribution in [0.25, 0.3) is 10.9 Å². The molecule has 3 heteroatoms. The third kappa shape index (κ3) is 1.18. The molecule has 0 radical (unpaired) electrons. The summed E-state index contributed by atoms with van der Waals surface area (Å²) < 4.78 is 5.25. The van der Waals surface area contributed by atoms with Crippen molar-refractivity contribution in [3.63, 3.8) is 0 Å². The summed E-state index contributed by atoms with van der Waals surface area (Å²) in [6.45, 7) is 1.96.